The van der Waals surface area contributed by atoms with Gasteiger partial charge in [-0.05, 0) is 53.3 Å². The van der Waals surface area contributed by atoms with E-state index in [9.17, 15) is 9.18 Å². The number of nitrogens with zero attached hydrogens (tertiary/aromatic N) is 1. The molecule has 0 saturated carbocycles. The fourth-order valence-corrected chi connectivity index (χ4v) is 2.49. The highest BCUT2D eigenvalue weighted by atomic mass is 127. The average molecular weight is 334 g/mol. The van der Waals surface area contributed by atoms with E-state index in [1.165, 1.54) is 12.1 Å². The van der Waals surface area contributed by atoms with Crippen LogP contribution >= 0.6 is 22.6 Å². The standard InChI is InChI=1S/C11H12FIN2O/c12-8-1-2-9(13)10(4-8)15-6-7(5-14)3-11(15)16/h1-2,4,7H,3,5-6,14H2. The van der Waals surface area contributed by atoms with E-state index >= 15 is 0 Å². The number of benzene rings is 1. The van der Waals surface area contributed by atoms with Crippen LogP contribution < -0.4 is 10.6 Å². The number of rotatable bonds is 2. The Balaban J connectivity index is 2.30. The lowest BCUT2D eigenvalue weighted by atomic mass is 10.1. The van der Waals surface area contributed by atoms with E-state index in [-0.39, 0.29) is 17.6 Å². The molecule has 1 amide bonds. The lowest BCUT2D eigenvalue weighted by Crippen LogP contribution is -2.26. The Labute approximate surface area is 107 Å². The van der Waals surface area contributed by atoms with Crippen LogP contribution in [0.25, 0.3) is 0 Å². The first-order valence-corrected chi connectivity index (χ1v) is 6.15. The Morgan fingerprint density at radius 2 is 2.31 bits per heavy atom. The quantitative estimate of drug-likeness (QED) is 0.838. The third-order valence-electron chi connectivity index (χ3n) is 2.74. The lowest BCUT2D eigenvalue weighted by molar-refractivity contribution is -0.117. The van der Waals surface area contributed by atoms with Crippen LogP contribution in [0.4, 0.5) is 10.1 Å². The number of carbonyl (C=O) groups is 1. The van der Waals surface area contributed by atoms with Gasteiger partial charge in [-0.2, -0.15) is 0 Å². The van der Waals surface area contributed by atoms with Crippen LogP contribution in [0.3, 0.4) is 0 Å². The summed E-state index contributed by atoms with van der Waals surface area (Å²) in [6.07, 6.45) is 0.461. The molecule has 1 heterocycles. The SMILES string of the molecule is NCC1CC(=O)N(c2cc(F)ccc2I)C1. The summed E-state index contributed by atoms with van der Waals surface area (Å²) in [6, 6.07) is 4.47. The van der Waals surface area contributed by atoms with Crippen molar-refractivity contribution in [2.75, 3.05) is 18.0 Å². The molecular formula is C11H12FIN2O. The van der Waals surface area contributed by atoms with Gasteiger partial charge < -0.3 is 10.6 Å². The maximum absolute atomic E-state index is 13.1. The molecule has 3 nitrogen and oxygen atoms in total. The number of carbonyl (C=O) groups excluding carboxylic acids is 1. The number of anilines is 1. The van der Waals surface area contributed by atoms with Crippen molar-refractivity contribution in [3.05, 3.63) is 27.6 Å². The average Bonchev–Trinajstić information content (AvgIpc) is 2.63. The zero-order valence-electron chi connectivity index (χ0n) is 8.62. The first kappa shape index (κ1) is 11.8. The third-order valence-corrected chi connectivity index (χ3v) is 3.65. The van der Waals surface area contributed by atoms with Crippen LogP contribution in [-0.2, 0) is 4.79 Å². The van der Waals surface area contributed by atoms with Crippen molar-refractivity contribution in [2.24, 2.45) is 11.7 Å². The summed E-state index contributed by atoms with van der Waals surface area (Å²) >= 11 is 2.10. The van der Waals surface area contributed by atoms with E-state index in [1.807, 2.05) is 0 Å². The topological polar surface area (TPSA) is 46.3 Å². The van der Waals surface area contributed by atoms with E-state index in [4.69, 9.17) is 5.73 Å². The second-order valence-corrected chi connectivity index (χ2v) is 5.07. The Morgan fingerprint density at radius 1 is 1.56 bits per heavy atom. The van der Waals surface area contributed by atoms with Crippen molar-refractivity contribution in [3.63, 3.8) is 0 Å². The van der Waals surface area contributed by atoms with Gasteiger partial charge in [0.25, 0.3) is 0 Å². The predicted octanol–water partition coefficient (Wildman–Crippen LogP) is 1.74. The molecule has 2 rings (SSSR count). The second kappa shape index (κ2) is 4.67. The molecule has 0 radical (unpaired) electrons. The zero-order valence-corrected chi connectivity index (χ0v) is 10.8. The Bertz CT molecular complexity index is 424. The minimum absolute atomic E-state index is 0.0268. The normalized spacial score (nSPS) is 20.6. The van der Waals surface area contributed by atoms with E-state index in [0.29, 0.717) is 25.2 Å². The van der Waals surface area contributed by atoms with Crippen LogP contribution in [-0.4, -0.2) is 19.0 Å². The molecule has 1 aliphatic heterocycles. The van der Waals surface area contributed by atoms with Crippen molar-refractivity contribution >= 4 is 34.2 Å². The van der Waals surface area contributed by atoms with Gasteiger partial charge in [0.1, 0.15) is 5.82 Å². The molecule has 1 unspecified atom stereocenters. The molecule has 2 N–H and O–H groups in total. The highest BCUT2D eigenvalue weighted by molar-refractivity contribution is 14.1. The molecule has 5 heteroatoms. The Hall–Kier alpha value is -0.690. The predicted molar refractivity (Wildman–Crippen MR) is 68.6 cm³/mol. The van der Waals surface area contributed by atoms with Gasteiger partial charge >= 0.3 is 0 Å². The minimum atomic E-state index is -0.320. The molecule has 1 aromatic carbocycles. The van der Waals surface area contributed by atoms with Gasteiger partial charge in [-0.15, -0.1) is 0 Å². The van der Waals surface area contributed by atoms with E-state index < -0.39 is 0 Å². The molecule has 0 spiro atoms. The molecule has 1 fully saturated rings. The molecule has 16 heavy (non-hydrogen) atoms. The van der Waals surface area contributed by atoms with Crippen molar-refractivity contribution < 1.29 is 9.18 Å². The molecule has 0 bridgehead atoms. The maximum atomic E-state index is 13.1. The molecule has 1 atom stereocenters. The van der Waals surface area contributed by atoms with Crippen molar-refractivity contribution in [1.82, 2.24) is 0 Å². The van der Waals surface area contributed by atoms with Gasteiger partial charge in [0, 0.05) is 16.5 Å². The van der Waals surface area contributed by atoms with E-state index in [0.717, 1.165) is 3.57 Å². The van der Waals surface area contributed by atoms with Crippen LogP contribution in [0.15, 0.2) is 18.2 Å². The van der Waals surface area contributed by atoms with Gasteiger partial charge in [0.05, 0.1) is 5.69 Å². The first-order chi connectivity index (χ1) is 7.61. The number of hydrogen-bond donors (Lipinski definition) is 1. The highest BCUT2D eigenvalue weighted by Crippen LogP contribution is 2.29. The van der Waals surface area contributed by atoms with Gasteiger partial charge in [-0.25, -0.2) is 4.39 Å². The van der Waals surface area contributed by atoms with Crippen LogP contribution in [0, 0.1) is 15.3 Å². The monoisotopic (exact) mass is 334 g/mol. The lowest BCUT2D eigenvalue weighted by Gasteiger charge is -2.18. The third kappa shape index (κ3) is 2.20. The largest absolute Gasteiger partial charge is 0.330 e. The molecule has 1 aromatic rings. The molecule has 86 valence electrons. The van der Waals surface area contributed by atoms with E-state index in [1.54, 1.807) is 11.0 Å². The van der Waals surface area contributed by atoms with Gasteiger partial charge in [0.2, 0.25) is 5.91 Å². The fourth-order valence-electron chi connectivity index (χ4n) is 1.86. The Kier molecular flexibility index (Phi) is 3.44. The maximum Gasteiger partial charge on any atom is 0.227 e. The summed E-state index contributed by atoms with van der Waals surface area (Å²) in [5.74, 6) is -0.107. The number of nitrogens with two attached hydrogens (primary N) is 1. The first-order valence-electron chi connectivity index (χ1n) is 5.07. The second-order valence-electron chi connectivity index (χ2n) is 3.91. The number of halogens is 2. The number of hydrogen-bond acceptors (Lipinski definition) is 2. The molecule has 0 aliphatic carbocycles. The number of amides is 1. The minimum Gasteiger partial charge on any atom is -0.330 e. The smallest absolute Gasteiger partial charge is 0.227 e. The summed E-state index contributed by atoms with van der Waals surface area (Å²) < 4.78 is 14.0. The summed E-state index contributed by atoms with van der Waals surface area (Å²) in [6.45, 7) is 1.09. The fraction of sp³-hybridized carbons (Fsp3) is 0.364. The molecule has 0 aromatic heterocycles. The van der Waals surface area contributed by atoms with Crippen LogP contribution in [0.5, 0.6) is 0 Å². The van der Waals surface area contributed by atoms with Gasteiger partial charge in [-0.1, -0.05) is 0 Å². The molecule has 1 saturated heterocycles. The van der Waals surface area contributed by atoms with Crippen molar-refractivity contribution in [3.8, 4) is 0 Å². The summed E-state index contributed by atoms with van der Waals surface area (Å²) in [7, 11) is 0. The van der Waals surface area contributed by atoms with E-state index in [2.05, 4.69) is 22.6 Å². The van der Waals surface area contributed by atoms with Crippen molar-refractivity contribution in [2.45, 2.75) is 6.42 Å². The van der Waals surface area contributed by atoms with Gasteiger partial charge in [0.15, 0.2) is 0 Å². The summed E-state index contributed by atoms with van der Waals surface area (Å²) in [5.41, 5.74) is 6.20. The molecule has 1 aliphatic rings. The summed E-state index contributed by atoms with van der Waals surface area (Å²) in [4.78, 5) is 13.4. The Morgan fingerprint density at radius 3 is 2.94 bits per heavy atom. The zero-order chi connectivity index (χ0) is 11.7. The van der Waals surface area contributed by atoms with Crippen LogP contribution in [0.1, 0.15) is 6.42 Å². The molecular weight excluding hydrogens is 322 g/mol. The van der Waals surface area contributed by atoms with Crippen LogP contribution in [0.2, 0.25) is 0 Å². The summed E-state index contributed by atoms with van der Waals surface area (Å²) in [5, 5.41) is 0. The highest BCUT2D eigenvalue weighted by Gasteiger charge is 2.30. The van der Waals surface area contributed by atoms with Gasteiger partial charge in [-0.3, -0.25) is 4.79 Å². The van der Waals surface area contributed by atoms with Crippen molar-refractivity contribution in [1.29, 1.82) is 0 Å².